The molecule has 0 amide bonds. The van der Waals surface area contributed by atoms with E-state index in [1.807, 2.05) is 0 Å². The Balaban J connectivity index is 2.82. The fourth-order valence-corrected chi connectivity index (χ4v) is 0.976. The van der Waals surface area contributed by atoms with Crippen LogP contribution in [0.2, 0.25) is 0 Å². The SMILES string of the molecule is Oc1ccc(C(O)C(O)Cl)cc1. The fraction of sp³-hybridized carbons (Fsp3) is 0.250. The number of phenols is 1. The molecule has 0 aliphatic carbocycles. The van der Waals surface area contributed by atoms with Gasteiger partial charge in [-0.15, -0.1) is 0 Å². The topological polar surface area (TPSA) is 60.7 Å². The summed E-state index contributed by atoms with van der Waals surface area (Å²) in [5, 5.41) is 26.9. The van der Waals surface area contributed by atoms with Gasteiger partial charge in [0.2, 0.25) is 0 Å². The zero-order chi connectivity index (χ0) is 9.14. The first-order chi connectivity index (χ1) is 5.61. The van der Waals surface area contributed by atoms with E-state index in [1.54, 1.807) is 0 Å². The smallest absolute Gasteiger partial charge is 0.157 e. The first-order valence-corrected chi connectivity index (χ1v) is 3.84. The van der Waals surface area contributed by atoms with Crippen molar-refractivity contribution < 1.29 is 15.3 Å². The summed E-state index contributed by atoms with van der Waals surface area (Å²) < 4.78 is 0. The van der Waals surface area contributed by atoms with Crippen LogP contribution < -0.4 is 0 Å². The Bertz CT molecular complexity index is 245. The number of halogens is 1. The summed E-state index contributed by atoms with van der Waals surface area (Å²) in [4.78, 5) is 0. The van der Waals surface area contributed by atoms with Crippen LogP contribution in [0.1, 0.15) is 11.7 Å². The summed E-state index contributed by atoms with van der Waals surface area (Å²) in [5.41, 5.74) is -0.857. The van der Waals surface area contributed by atoms with Crippen molar-refractivity contribution >= 4 is 11.6 Å². The summed E-state index contributed by atoms with van der Waals surface area (Å²) in [6, 6.07) is 5.81. The van der Waals surface area contributed by atoms with Gasteiger partial charge in [-0.2, -0.15) is 0 Å². The molecule has 4 heteroatoms. The number of hydrogen-bond acceptors (Lipinski definition) is 3. The molecule has 0 fully saturated rings. The van der Waals surface area contributed by atoms with E-state index < -0.39 is 11.7 Å². The van der Waals surface area contributed by atoms with Crippen LogP contribution in [0.4, 0.5) is 0 Å². The second-order valence-corrected chi connectivity index (χ2v) is 2.86. The molecule has 0 aliphatic heterocycles. The van der Waals surface area contributed by atoms with Gasteiger partial charge in [-0.3, -0.25) is 0 Å². The number of aromatic hydroxyl groups is 1. The van der Waals surface area contributed by atoms with Crippen LogP contribution >= 0.6 is 11.6 Å². The lowest BCUT2D eigenvalue weighted by atomic mass is 10.1. The number of aliphatic hydroxyl groups is 2. The Morgan fingerprint density at radius 3 is 2.00 bits per heavy atom. The Kier molecular flexibility index (Phi) is 2.92. The normalized spacial score (nSPS) is 15.6. The highest BCUT2D eigenvalue weighted by Gasteiger charge is 2.14. The fourth-order valence-electron chi connectivity index (χ4n) is 0.830. The van der Waals surface area contributed by atoms with Crippen LogP contribution in [-0.2, 0) is 0 Å². The molecule has 0 aliphatic rings. The molecule has 12 heavy (non-hydrogen) atoms. The summed E-state index contributed by atoms with van der Waals surface area (Å²) >= 11 is 5.25. The van der Waals surface area contributed by atoms with Crippen LogP contribution in [0.5, 0.6) is 5.75 Å². The van der Waals surface area contributed by atoms with Crippen molar-refractivity contribution in [2.24, 2.45) is 0 Å². The van der Waals surface area contributed by atoms with E-state index in [-0.39, 0.29) is 5.75 Å². The second-order valence-electron chi connectivity index (χ2n) is 2.41. The molecule has 0 aromatic heterocycles. The molecule has 3 N–H and O–H groups in total. The third-order valence-corrected chi connectivity index (χ3v) is 1.73. The summed E-state index contributed by atoms with van der Waals surface area (Å²) in [6.07, 6.45) is -1.12. The molecule has 0 spiro atoms. The summed E-state index contributed by atoms with van der Waals surface area (Å²) in [5.74, 6) is 0.106. The van der Waals surface area contributed by atoms with Crippen molar-refractivity contribution in [3.8, 4) is 5.75 Å². The van der Waals surface area contributed by atoms with E-state index in [4.69, 9.17) is 21.8 Å². The molecule has 2 atom stereocenters. The van der Waals surface area contributed by atoms with E-state index >= 15 is 0 Å². The predicted octanol–water partition coefficient (Wildman–Crippen LogP) is 0.983. The molecular formula is C8H9ClO3. The zero-order valence-electron chi connectivity index (χ0n) is 6.18. The zero-order valence-corrected chi connectivity index (χ0v) is 6.94. The van der Waals surface area contributed by atoms with E-state index in [9.17, 15) is 5.11 Å². The van der Waals surface area contributed by atoms with E-state index in [1.165, 1.54) is 24.3 Å². The highest BCUT2D eigenvalue weighted by molar-refractivity contribution is 6.19. The molecule has 0 bridgehead atoms. The summed E-state index contributed by atoms with van der Waals surface area (Å²) in [7, 11) is 0. The Morgan fingerprint density at radius 2 is 1.58 bits per heavy atom. The third-order valence-electron chi connectivity index (χ3n) is 1.50. The molecule has 1 rings (SSSR count). The number of phenolic OH excluding ortho intramolecular Hbond substituents is 1. The monoisotopic (exact) mass is 188 g/mol. The Hall–Kier alpha value is -0.770. The number of rotatable bonds is 2. The standard InChI is InChI=1S/C8H9ClO3/c9-8(12)7(11)5-1-3-6(10)4-2-5/h1-4,7-8,10-12H. The van der Waals surface area contributed by atoms with Crippen molar-refractivity contribution in [2.75, 3.05) is 0 Å². The van der Waals surface area contributed by atoms with Crippen molar-refractivity contribution in [1.82, 2.24) is 0 Å². The number of hydrogen-bond donors (Lipinski definition) is 3. The first-order valence-electron chi connectivity index (χ1n) is 3.40. The van der Waals surface area contributed by atoms with Gasteiger partial charge < -0.3 is 15.3 Å². The molecule has 2 unspecified atom stereocenters. The summed E-state index contributed by atoms with van der Waals surface area (Å²) in [6.45, 7) is 0. The average molecular weight is 189 g/mol. The maximum Gasteiger partial charge on any atom is 0.157 e. The quantitative estimate of drug-likeness (QED) is 0.607. The van der Waals surface area contributed by atoms with Crippen molar-refractivity contribution in [1.29, 1.82) is 0 Å². The van der Waals surface area contributed by atoms with Gasteiger partial charge in [-0.1, -0.05) is 23.7 Å². The lowest BCUT2D eigenvalue weighted by Gasteiger charge is -2.11. The van der Waals surface area contributed by atoms with Crippen LogP contribution in [-0.4, -0.2) is 20.9 Å². The maximum absolute atomic E-state index is 9.23. The molecule has 0 saturated heterocycles. The number of alkyl halides is 1. The molecule has 3 nitrogen and oxygen atoms in total. The predicted molar refractivity (Wildman–Crippen MR) is 44.9 cm³/mol. The lowest BCUT2D eigenvalue weighted by Crippen LogP contribution is -2.10. The minimum atomic E-state index is -1.32. The van der Waals surface area contributed by atoms with Gasteiger partial charge >= 0.3 is 0 Å². The van der Waals surface area contributed by atoms with Gasteiger partial charge in [0.1, 0.15) is 11.9 Å². The molecule has 0 heterocycles. The molecule has 0 radical (unpaired) electrons. The van der Waals surface area contributed by atoms with Gasteiger partial charge in [-0.05, 0) is 17.7 Å². The van der Waals surface area contributed by atoms with Gasteiger partial charge in [0.15, 0.2) is 5.56 Å². The number of benzene rings is 1. The molecule has 1 aromatic rings. The maximum atomic E-state index is 9.23. The first kappa shape index (κ1) is 9.32. The van der Waals surface area contributed by atoms with Crippen molar-refractivity contribution in [2.45, 2.75) is 11.7 Å². The van der Waals surface area contributed by atoms with Crippen LogP contribution in [0.3, 0.4) is 0 Å². The average Bonchev–Trinajstić information content (AvgIpc) is 2.04. The number of aliphatic hydroxyl groups excluding tert-OH is 2. The largest absolute Gasteiger partial charge is 0.508 e. The molecule has 1 aromatic carbocycles. The lowest BCUT2D eigenvalue weighted by molar-refractivity contribution is 0.0687. The van der Waals surface area contributed by atoms with Crippen LogP contribution in [0.15, 0.2) is 24.3 Å². The van der Waals surface area contributed by atoms with Crippen molar-refractivity contribution in [3.63, 3.8) is 0 Å². The third kappa shape index (κ3) is 2.11. The Labute approximate surface area is 74.8 Å². The van der Waals surface area contributed by atoms with E-state index in [2.05, 4.69) is 0 Å². The minimum Gasteiger partial charge on any atom is -0.508 e. The van der Waals surface area contributed by atoms with Gasteiger partial charge in [0.25, 0.3) is 0 Å². The van der Waals surface area contributed by atoms with Gasteiger partial charge in [-0.25, -0.2) is 0 Å². The van der Waals surface area contributed by atoms with Crippen molar-refractivity contribution in [3.05, 3.63) is 29.8 Å². The van der Waals surface area contributed by atoms with E-state index in [0.29, 0.717) is 5.56 Å². The highest BCUT2D eigenvalue weighted by atomic mass is 35.5. The highest BCUT2D eigenvalue weighted by Crippen LogP contribution is 2.20. The second kappa shape index (κ2) is 3.76. The van der Waals surface area contributed by atoms with Crippen LogP contribution in [0.25, 0.3) is 0 Å². The molecule has 0 saturated carbocycles. The van der Waals surface area contributed by atoms with Gasteiger partial charge in [0.05, 0.1) is 0 Å². The molecular weight excluding hydrogens is 180 g/mol. The van der Waals surface area contributed by atoms with E-state index in [0.717, 1.165) is 0 Å². The minimum absolute atomic E-state index is 0.106. The van der Waals surface area contributed by atoms with Crippen LogP contribution in [0, 0.1) is 0 Å². The molecule has 66 valence electrons. The Morgan fingerprint density at radius 1 is 1.08 bits per heavy atom. The van der Waals surface area contributed by atoms with Gasteiger partial charge in [0, 0.05) is 0 Å².